The summed E-state index contributed by atoms with van der Waals surface area (Å²) in [5.74, 6) is -137. The third kappa shape index (κ3) is 7.86. The highest BCUT2D eigenvalue weighted by Crippen LogP contribution is 2.68. The molecular formula is C38H20F34N2O4. The monoisotopic (exact) mass is 1210 g/mol. The predicted octanol–water partition coefficient (Wildman–Crippen LogP) is 14.6. The first-order valence-corrected chi connectivity index (χ1v) is 20.1. The Bertz CT molecular complexity index is 2590. The normalized spacial score (nSPS) is 17.1. The molecule has 0 atom stereocenters. The molecule has 0 N–H and O–H groups in total. The van der Waals surface area contributed by atoms with Crippen molar-refractivity contribution in [2.75, 3.05) is 13.1 Å². The lowest BCUT2D eigenvalue weighted by molar-refractivity contribution is -0.462. The van der Waals surface area contributed by atoms with Crippen LogP contribution in [-0.4, -0.2) is 130 Å². The third-order valence-electron chi connectivity index (χ3n) is 11.9. The van der Waals surface area contributed by atoms with Gasteiger partial charge in [-0.25, -0.2) is 0 Å². The second-order valence-electron chi connectivity index (χ2n) is 16.7. The van der Waals surface area contributed by atoms with Crippen molar-refractivity contribution < 1.29 is 168 Å². The summed E-state index contributed by atoms with van der Waals surface area (Å²) in [7, 11) is 0. The van der Waals surface area contributed by atoms with E-state index in [2.05, 4.69) is 0 Å². The van der Waals surface area contributed by atoms with Crippen LogP contribution < -0.4 is 0 Å². The van der Waals surface area contributed by atoms with E-state index in [1.165, 1.54) is 0 Å². The fourth-order valence-electron chi connectivity index (χ4n) is 7.36. The van der Waals surface area contributed by atoms with Crippen LogP contribution in [0.3, 0.4) is 0 Å². The molecule has 0 bridgehead atoms. The van der Waals surface area contributed by atoms with E-state index in [1.807, 2.05) is 0 Å². The number of hydrogen-bond acceptors (Lipinski definition) is 4. The van der Waals surface area contributed by atoms with Crippen molar-refractivity contribution in [1.29, 1.82) is 0 Å². The van der Waals surface area contributed by atoms with Crippen LogP contribution in [0.25, 0.3) is 10.8 Å². The zero-order valence-electron chi connectivity index (χ0n) is 36.8. The van der Waals surface area contributed by atoms with Crippen LogP contribution in [0.4, 0.5) is 149 Å². The summed E-state index contributed by atoms with van der Waals surface area (Å²) in [4.78, 5) is 53.4. The predicted molar refractivity (Wildman–Crippen MR) is 184 cm³/mol. The fraction of sp³-hybridized carbons (Fsp3) is 0.632. The third-order valence-corrected chi connectivity index (χ3v) is 11.9. The Kier molecular flexibility index (Phi) is 15.1. The van der Waals surface area contributed by atoms with Crippen LogP contribution in [0.15, 0.2) is 12.1 Å². The lowest BCUT2D eigenvalue weighted by Crippen LogP contribution is -2.74. The zero-order chi connectivity index (χ0) is 61.7. The number of benzene rings is 2. The number of halogens is 34. The molecule has 78 heavy (non-hydrogen) atoms. The Balaban J connectivity index is 2.29. The highest BCUT2D eigenvalue weighted by Gasteiger charge is 2.97. The van der Waals surface area contributed by atoms with Gasteiger partial charge in [-0.15, -0.1) is 0 Å². The minimum absolute atomic E-state index is 0.500. The Hall–Kier alpha value is -5.40. The van der Waals surface area contributed by atoms with Gasteiger partial charge in [-0.2, -0.15) is 149 Å². The fourth-order valence-corrected chi connectivity index (χ4v) is 7.36. The average molecular weight is 1210 g/mol. The van der Waals surface area contributed by atoms with E-state index in [1.54, 1.807) is 0 Å². The molecule has 0 aromatic heterocycles. The summed E-state index contributed by atoms with van der Waals surface area (Å²) < 4.78 is 492. The molecule has 444 valence electrons. The van der Waals surface area contributed by atoms with Gasteiger partial charge in [0.05, 0.1) is 11.1 Å². The Labute approximate surface area is 406 Å². The van der Waals surface area contributed by atoms with Gasteiger partial charge < -0.3 is 0 Å². The molecule has 6 nitrogen and oxygen atoms in total. The number of carbonyl (C=O) groups excluding carboxylic acids is 4. The maximum Gasteiger partial charge on any atom is 0.460 e. The van der Waals surface area contributed by atoms with Gasteiger partial charge in [-0.05, 0) is 25.0 Å². The second kappa shape index (κ2) is 18.1. The minimum atomic E-state index is -9.39. The van der Waals surface area contributed by atoms with Crippen molar-refractivity contribution in [1.82, 2.24) is 9.80 Å². The van der Waals surface area contributed by atoms with E-state index in [0.717, 1.165) is 13.8 Å². The molecule has 2 aliphatic rings. The van der Waals surface area contributed by atoms with Crippen molar-refractivity contribution in [3.63, 3.8) is 0 Å². The molecule has 0 aliphatic carbocycles. The molecule has 2 aliphatic heterocycles. The number of unbranched alkanes of at least 4 members (excludes halogenated alkanes) is 2. The molecule has 0 spiro atoms. The van der Waals surface area contributed by atoms with Gasteiger partial charge in [0.1, 0.15) is 0 Å². The molecule has 4 amide bonds. The van der Waals surface area contributed by atoms with E-state index >= 15 is 52.7 Å². The van der Waals surface area contributed by atoms with Gasteiger partial charge in [-0.3, -0.25) is 29.0 Å². The summed E-state index contributed by atoms with van der Waals surface area (Å²) in [5, 5.41) is -5.19. The molecule has 2 aromatic carbocycles. The first-order valence-electron chi connectivity index (χ1n) is 20.1. The summed E-state index contributed by atoms with van der Waals surface area (Å²) in [6.45, 7) is -1.29. The highest BCUT2D eigenvalue weighted by atomic mass is 19.4. The topological polar surface area (TPSA) is 74.8 Å². The quantitative estimate of drug-likeness (QED) is 0.0978. The molecule has 2 aromatic rings. The van der Waals surface area contributed by atoms with E-state index in [9.17, 15) is 116 Å². The molecule has 0 radical (unpaired) electrons. The summed E-state index contributed by atoms with van der Waals surface area (Å²) in [6, 6.07) is -2.88. The van der Waals surface area contributed by atoms with Crippen molar-refractivity contribution in [3.8, 4) is 0 Å². The maximum atomic E-state index is 16.4. The van der Waals surface area contributed by atoms with Crippen molar-refractivity contribution >= 4 is 34.4 Å². The van der Waals surface area contributed by atoms with E-state index < -0.39 is 224 Å². The molecule has 2 heterocycles. The zero-order valence-corrected chi connectivity index (χ0v) is 36.8. The van der Waals surface area contributed by atoms with Gasteiger partial charge in [-0.1, -0.05) is 26.7 Å². The first-order chi connectivity index (χ1) is 34.3. The van der Waals surface area contributed by atoms with Crippen LogP contribution >= 0.6 is 0 Å². The SMILES string of the molecule is CCCCN1C(=O)c2cc(C(F)(F)C(F)(F)C(F)(F)C(F)(F)C(F)(F)C(F)(F)C(F)(F)C(F)(F)F)c3c4c(cc(C(F)(F)C(F)(F)C(F)(F)C(F)(F)C(F)(F)C(F)(F)C(F)(F)C(F)(F)F)c(c24)C1=O)C(=O)N(CCCC)C3=O. The number of nitrogens with zero attached hydrogens (tertiary/aromatic N) is 2. The molecule has 4 rings (SSSR count). The first kappa shape index (κ1) is 65.1. The highest BCUT2D eigenvalue weighted by molar-refractivity contribution is 6.34. The largest absolute Gasteiger partial charge is 0.460 e. The van der Waals surface area contributed by atoms with Crippen LogP contribution in [-0.2, 0) is 11.8 Å². The summed E-state index contributed by atoms with van der Waals surface area (Å²) in [6.07, 6.45) is -19.3. The van der Waals surface area contributed by atoms with Gasteiger partial charge in [0, 0.05) is 46.1 Å². The maximum absolute atomic E-state index is 16.4. The van der Waals surface area contributed by atoms with Crippen LogP contribution in [0, 0.1) is 0 Å². The number of hydrogen-bond donors (Lipinski definition) is 0. The minimum Gasteiger partial charge on any atom is -0.274 e. The van der Waals surface area contributed by atoms with Crippen LogP contribution in [0.5, 0.6) is 0 Å². The number of rotatable bonds is 20. The Morgan fingerprint density at radius 3 is 0.718 bits per heavy atom. The number of alkyl halides is 34. The van der Waals surface area contributed by atoms with Crippen molar-refractivity contribution in [2.24, 2.45) is 0 Å². The van der Waals surface area contributed by atoms with Gasteiger partial charge in [0.15, 0.2) is 0 Å². The molecule has 0 saturated carbocycles. The van der Waals surface area contributed by atoms with Gasteiger partial charge >= 0.3 is 95.3 Å². The Morgan fingerprint density at radius 1 is 0.308 bits per heavy atom. The standard InChI is InChI=1S/C38H20F34N2O4/c1-3-5-7-73-19(75)11-9-14(24(41,42)26(45,46)28(49,50)30(53,54)32(57,58)34(61,62)36(65,66)38(70,71)72)18-16-12(20(76)74(22(18)78)8-6-4-2)10-13(17(15(11)16)21(73)77)23(39,40)25(43,44)27(47,48)29(51,52)31(55,56)33(59,60)35(63,64)37(67,68)69/h9-10H,3-8H2,1-2H3. The van der Waals surface area contributed by atoms with E-state index in [-0.39, 0.29) is 0 Å². The van der Waals surface area contributed by atoms with Gasteiger partial charge in [0.2, 0.25) is 0 Å². The van der Waals surface area contributed by atoms with Crippen molar-refractivity contribution in [3.05, 3.63) is 45.5 Å². The van der Waals surface area contributed by atoms with Crippen LogP contribution in [0.2, 0.25) is 0 Å². The molecule has 40 heteroatoms. The second-order valence-corrected chi connectivity index (χ2v) is 16.7. The molecular weight excluding hydrogens is 1190 g/mol. The van der Waals surface area contributed by atoms with E-state index in [0.29, 0.717) is 0 Å². The Morgan fingerprint density at radius 2 is 0.513 bits per heavy atom. The molecule has 0 saturated heterocycles. The van der Waals surface area contributed by atoms with Crippen LogP contribution in [0.1, 0.15) is 92.1 Å². The smallest absolute Gasteiger partial charge is 0.274 e. The number of carbonyl (C=O) groups is 4. The lowest BCUT2D eigenvalue weighted by Gasteiger charge is -2.44. The number of amides is 4. The van der Waals surface area contributed by atoms with E-state index in [4.69, 9.17) is 0 Å². The average Bonchev–Trinajstić information content (AvgIpc) is 3.27. The number of imide groups is 2. The molecule has 0 unspecified atom stereocenters. The lowest BCUT2D eigenvalue weighted by atomic mass is 9.76. The van der Waals surface area contributed by atoms with Crippen molar-refractivity contribution in [2.45, 2.75) is 135 Å². The molecule has 0 fully saturated rings. The summed E-state index contributed by atoms with van der Waals surface area (Å²) >= 11 is 0. The van der Waals surface area contributed by atoms with Gasteiger partial charge in [0.25, 0.3) is 23.6 Å². The summed E-state index contributed by atoms with van der Waals surface area (Å²) in [5.41, 5.74) is -18.8.